The maximum absolute atomic E-state index is 5.97. The van der Waals surface area contributed by atoms with Gasteiger partial charge in [0, 0.05) is 47.6 Å². The molecule has 110 valence electrons. The molecule has 0 radical (unpaired) electrons. The first-order valence-corrected chi connectivity index (χ1v) is 7.86. The van der Waals surface area contributed by atoms with Crippen molar-refractivity contribution in [2.24, 2.45) is 5.73 Å². The number of nitrogens with two attached hydrogens (primary N) is 1. The van der Waals surface area contributed by atoms with Gasteiger partial charge in [0.05, 0.1) is 11.4 Å². The molecule has 0 saturated carbocycles. The topological polar surface area (TPSA) is 63.0 Å². The number of anilines is 1. The molecule has 2 aliphatic heterocycles. The van der Waals surface area contributed by atoms with Crippen LogP contribution in [0.4, 0.5) is 5.69 Å². The van der Waals surface area contributed by atoms with Crippen LogP contribution in [0.5, 0.6) is 0 Å². The van der Waals surface area contributed by atoms with E-state index in [1.165, 1.54) is 31.2 Å². The fourth-order valence-corrected chi connectivity index (χ4v) is 3.97. The molecule has 0 spiro atoms. The minimum atomic E-state index is 0.516. The fraction of sp³-hybridized carbons (Fsp3) is 0.471. The number of hydrogen-bond donors (Lipinski definition) is 3. The average molecular weight is 282 g/mol. The van der Waals surface area contributed by atoms with Crippen molar-refractivity contribution >= 4 is 17.5 Å². The summed E-state index contributed by atoms with van der Waals surface area (Å²) < 4.78 is 0. The van der Waals surface area contributed by atoms with Crippen LogP contribution < -0.4 is 16.4 Å². The minimum Gasteiger partial charge on any atom is -0.399 e. The second-order valence-corrected chi connectivity index (χ2v) is 6.49. The fourth-order valence-electron chi connectivity index (χ4n) is 3.97. The highest BCUT2D eigenvalue weighted by Crippen LogP contribution is 2.35. The van der Waals surface area contributed by atoms with Crippen molar-refractivity contribution in [2.45, 2.75) is 50.2 Å². The van der Waals surface area contributed by atoms with Crippen LogP contribution in [0.2, 0.25) is 0 Å². The van der Waals surface area contributed by atoms with Crippen LogP contribution in [0.3, 0.4) is 0 Å². The van der Waals surface area contributed by atoms with Gasteiger partial charge in [0.15, 0.2) is 0 Å². The zero-order chi connectivity index (χ0) is 14.4. The highest BCUT2D eigenvalue weighted by molar-refractivity contribution is 5.82. The second-order valence-electron chi connectivity index (χ2n) is 6.49. The highest BCUT2D eigenvalue weighted by atomic mass is 15.1. The quantitative estimate of drug-likeness (QED) is 0.796. The Morgan fingerprint density at radius 3 is 2.81 bits per heavy atom. The molecule has 3 atom stereocenters. The van der Waals surface area contributed by atoms with Crippen molar-refractivity contribution in [2.75, 3.05) is 5.32 Å². The molecule has 1 aliphatic carbocycles. The zero-order valence-electron chi connectivity index (χ0n) is 12.2. The largest absolute Gasteiger partial charge is 0.399 e. The third-order valence-electron chi connectivity index (χ3n) is 4.96. The molecule has 21 heavy (non-hydrogen) atoms. The molecule has 4 nitrogen and oxygen atoms in total. The number of fused-ring (bicyclic) bond motifs is 3. The van der Waals surface area contributed by atoms with Gasteiger partial charge in [-0.2, -0.15) is 0 Å². The molecule has 1 aromatic heterocycles. The van der Waals surface area contributed by atoms with Gasteiger partial charge in [-0.3, -0.25) is 4.98 Å². The Bertz CT molecular complexity index is 607. The summed E-state index contributed by atoms with van der Waals surface area (Å²) in [6.07, 6.45) is 12.1. The van der Waals surface area contributed by atoms with Crippen molar-refractivity contribution in [1.29, 1.82) is 0 Å². The zero-order valence-corrected chi connectivity index (χ0v) is 12.2. The number of piperidine rings is 1. The molecule has 3 heterocycles. The van der Waals surface area contributed by atoms with E-state index in [1.807, 2.05) is 6.20 Å². The van der Waals surface area contributed by atoms with E-state index in [4.69, 9.17) is 5.73 Å². The maximum atomic E-state index is 5.97. The molecular formula is C17H22N4. The summed E-state index contributed by atoms with van der Waals surface area (Å²) in [4.78, 5) is 4.52. The van der Waals surface area contributed by atoms with Crippen LogP contribution in [-0.2, 0) is 6.42 Å². The summed E-state index contributed by atoms with van der Waals surface area (Å²) in [6.45, 7) is 3.91. The van der Waals surface area contributed by atoms with Gasteiger partial charge in [-0.05, 0) is 25.7 Å². The van der Waals surface area contributed by atoms with Crippen LogP contribution in [0.15, 0.2) is 18.9 Å². The maximum Gasteiger partial charge on any atom is 0.0544 e. The van der Waals surface area contributed by atoms with Gasteiger partial charge >= 0.3 is 0 Å². The third kappa shape index (κ3) is 2.23. The lowest BCUT2D eigenvalue weighted by atomic mass is 9.98. The van der Waals surface area contributed by atoms with Gasteiger partial charge in [0.2, 0.25) is 0 Å². The van der Waals surface area contributed by atoms with Crippen LogP contribution in [-0.4, -0.2) is 23.1 Å². The van der Waals surface area contributed by atoms with Gasteiger partial charge < -0.3 is 16.4 Å². The molecule has 2 bridgehead atoms. The minimum absolute atomic E-state index is 0.516. The monoisotopic (exact) mass is 282 g/mol. The molecule has 1 unspecified atom stereocenters. The summed E-state index contributed by atoms with van der Waals surface area (Å²) in [5.74, 6) is 0. The van der Waals surface area contributed by atoms with Crippen molar-refractivity contribution < 1.29 is 0 Å². The predicted octanol–water partition coefficient (Wildman–Crippen LogP) is 2.28. The number of hydrogen-bond acceptors (Lipinski definition) is 4. The number of nitrogens with zero attached hydrogens (tertiary/aromatic N) is 1. The van der Waals surface area contributed by atoms with E-state index in [-0.39, 0.29) is 0 Å². The van der Waals surface area contributed by atoms with E-state index in [9.17, 15) is 0 Å². The average Bonchev–Trinajstić information content (AvgIpc) is 3.05. The number of allylic oxidation sites excluding steroid dienone is 1. The second kappa shape index (κ2) is 4.88. The normalized spacial score (nSPS) is 29.4. The first kappa shape index (κ1) is 12.9. The van der Waals surface area contributed by atoms with Gasteiger partial charge in [-0.25, -0.2) is 0 Å². The first-order valence-electron chi connectivity index (χ1n) is 7.86. The Hall–Kier alpha value is -1.81. The molecule has 0 amide bonds. The van der Waals surface area contributed by atoms with Crippen molar-refractivity contribution in [1.82, 2.24) is 10.3 Å². The summed E-state index contributed by atoms with van der Waals surface area (Å²) in [6, 6.07) is 1.87. The van der Waals surface area contributed by atoms with E-state index < -0.39 is 0 Å². The van der Waals surface area contributed by atoms with Crippen LogP contribution in [0, 0.1) is 0 Å². The molecule has 4 heteroatoms. The molecule has 4 rings (SSSR count). The standard InChI is InChI=1S/C17H22N4/c1-10(18)15-9-19-16-4-2-3-14(16)17(15)21-13-7-11-5-6-12(8-13)20-11/h2-3,9,11-13,20H,1,4-8,18H2,(H,19,21)/t11-,12+,13?. The van der Waals surface area contributed by atoms with Gasteiger partial charge in [0.1, 0.15) is 0 Å². The molecule has 2 fully saturated rings. The smallest absolute Gasteiger partial charge is 0.0544 e. The highest BCUT2D eigenvalue weighted by Gasteiger charge is 2.34. The number of rotatable bonds is 3. The molecule has 4 N–H and O–H groups in total. The Morgan fingerprint density at radius 2 is 2.10 bits per heavy atom. The van der Waals surface area contributed by atoms with Crippen molar-refractivity contribution in [3.05, 3.63) is 35.7 Å². The van der Waals surface area contributed by atoms with Gasteiger partial charge in [-0.15, -0.1) is 0 Å². The number of aromatic nitrogens is 1. The van der Waals surface area contributed by atoms with E-state index in [2.05, 4.69) is 34.3 Å². The van der Waals surface area contributed by atoms with Crippen LogP contribution in [0.1, 0.15) is 42.5 Å². The summed E-state index contributed by atoms with van der Waals surface area (Å²) in [5, 5.41) is 7.45. The van der Waals surface area contributed by atoms with Gasteiger partial charge in [0.25, 0.3) is 0 Å². The lowest BCUT2D eigenvalue weighted by Gasteiger charge is -2.31. The Balaban J connectivity index is 1.66. The van der Waals surface area contributed by atoms with Crippen LogP contribution >= 0.6 is 0 Å². The summed E-state index contributed by atoms with van der Waals surface area (Å²) >= 11 is 0. The van der Waals surface area contributed by atoms with E-state index in [0.717, 1.165) is 23.4 Å². The first-order chi connectivity index (χ1) is 10.2. The lowest BCUT2D eigenvalue weighted by Crippen LogP contribution is -2.43. The third-order valence-corrected chi connectivity index (χ3v) is 4.96. The summed E-state index contributed by atoms with van der Waals surface area (Å²) in [5.41, 5.74) is 11.0. The Labute approximate surface area is 125 Å². The summed E-state index contributed by atoms with van der Waals surface area (Å²) in [7, 11) is 0. The van der Waals surface area contributed by atoms with Crippen molar-refractivity contribution in [3.63, 3.8) is 0 Å². The molecule has 3 aliphatic rings. The predicted molar refractivity (Wildman–Crippen MR) is 86.8 cm³/mol. The van der Waals surface area contributed by atoms with E-state index in [0.29, 0.717) is 23.8 Å². The SMILES string of the molecule is C=C(N)c1cnc2c(c1NC1C[C@H]3CC[C@@H](C1)N3)C=CC2. The molecule has 2 saturated heterocycles. The molecule has 1 aromatic rings. The Morgan fingerprint density at radius 1 is 1.33 bits per heavy atom. The molecular weight excluding hydrogens is 260 g/mol. The van der Waals surface area contributed by atoms with Gasteiger partial charge in [-0.1, -0.05) is 18.7 Å². The number of nitrogens with one attached hydrogen (secondary N) is 2. The van der Waals surface area contributed by atoms with E-state index >= 15 is 0 Å². The van der Waals surface area contributed by atoms with Crippen LogP contribution in [0.25, 0.3) is 11.8 Å². The molecule has 0 aromatic carbocycles. The lowest BCUT2D eigenvalue weighted by molar-refractivity contribution is 0.378. The van der Waals surface area contributed by atoms with E-state index in [1.54, 1.807) is 0 Å². The number of pyridine rings is 1. The van der Waals surface area contributed by atoms with Crippen molar-refractivity contribution in [3.8, 4) is 0 Å². The Kier molecular flexibility index (Phi) is 3.00.